The van der Waals surface area contributed by atoms with Crippen LogP contribution in [-0.2, 0) is 46.5 Å². The number of hydrogen-bond acceptors (Lipinski definition) is 10. The molecule has 0 N–H and O–H groups in total. The molecule has 0 spiro atoms. The summed E-state index contributed by atoms with van der Waals surface area (Å²) in [5.74, 6) is -1.62. The van der Waals surface area contributed by atoms with Crippen LogP contribution >= 0.6 is 0 Å². The Hall–Kier alpha value is -4.87. The summed E-state index contributed by atoms with van der Waals surface area (Å²) >= 11 is 0. The lowest BCUT2D eigenvalue weighted by atomic mass is 10.1. The van der Waals surface area contributed by atoms with Crippen molar-refractivity contribution in [3.63, 3.8) is 0 Å². The average Bonchev–Trinajstić information content (AvgIpc) is 3.44. The smallest absolute Gasteiger partial charge is 0.424 e. The highest BCUT2D eigenvalue weighted by Gasteiger charge is 2.44. The second-order valence-electron chi connectivity index (χ2n) is 12.9. The molecule has 2 aromatic rings. The van der Waals surface area contributed by atoms with E-state index in [9.17, 15) is 24.0 Å². The number of methoxy groups -OCH3 is 1. The molecule has 47 heavy (non-hydrogen) atoms. The third kappa shape index (κ3) is 11.2. The second-order valence-corrected chi connectivity index (χ2v) is 12.9. The summed E-state index contributed by atoms with van der Waals surface area (Å²) in [5.41, 5.74) is -0.904. The van der Waals surface area contributed by atoms with Gasteiger partial charge in [0.25, 0.3) is 0 Å². The van der Waals surface area contributed by atoms with Crippen molar-refractivity contribution in [3.05, 3.63) is 83.6 Å². The van der Waals surface area contributed by atoms with Crippen LogP contribution in [0, 0.1) is 0 Å². The van der Waals surface area contributed by atoms with Crippen LogP contribution < -0.4 is 0 Å². The van der Waals surface area contributed by atoms with Crippen LogP contribution in [0.5, 0.6) is 0 Å². The molecule has 1 aliphatic rings. The first-order valence-corrected chi connectivity index (χ1v) is 15.3. The molecule has 0 unspecified atom stereocenters. The number of likely N-dealkylation sites (tertiary alicyclic amines) is 1. The van der Waals surface area contributed by atoms with Crippen LogP contribution in [0.1, 0.15) is 71.9 Å². The number of carbonyl (C=O) groups is 5. The first-order chi connectivity index (χ1) is 22.1. The van der Waals surface area contributed by atoms with E-state index in [0.29, 0.717) is 16.9 Å². The van der Waals surface area contributed by atoms with Gasteiger partial charge >= 0.3 is 30.2 Å². The molecule has 0 saturated carbocycles. The van der Waals surface area contributed by atoms with Gasteiger partial charge in [-0.25, -0.2) is 24.0 Å². The van der Waals surface area contributed by atoms with Crippen molar-refractivity contribution in [2.24, 2.45) is 0 Å². The fourth-order valence-corrected chi connectivity index (χ4v) is 4.77. The molecule has 2 atom stereocenters. The molecule has 1 heterocycles. The lowest BCUT2D eigenvalue weighted by Gasteiger charge is -2.30. The van der Waals surface area contributed by atoms with E-state index < -0.39 is 59.2 Å². The Morgan fingerprint density at radius 2 is 1.30 bits per heavy atom. The summed E-state index contributed by atoms with van der Waals surface area (Å²) in [6.07, 6.45) is -1.27. The minimum absolute atomic E-state index is 0.0349. The minimum Gasteiger partial charge on any atom is -0.464 e. The van der Waals surface area contributed by atoms with Crippen LogP contribution in [-0.4, -0.2) is 70.4 Å². The zero-order valence-electron chi connectivity index (χ0n) is 28.0. The number of amides is 3. The zero-order chi connectivity index (χ0) is 34.8. The highest BCUT2D eigenvalue weighted by molar-refractivity contribution is 6.01. The van der Waals surface area contributed by atoms with Gasteiger partial charge in [0.2, 0.25) is 0 Å². The standard InChI is InChI=1S/C35H44N2O10/c1-34(2,3)46-30(39)28-21-19-26(36(28)31(40)44-22-24-14-10-8-11-15-24)18-20-27(29(38)43-7)37(33(42)47-35(4,5)6)32(41)45-23-25-16-12-9-13-17-25/h8-17,20,26,28H,18-19,21-23H2,1-7H3/b27-20-/t26-,28+/m1/s1. The van der Waals surface area contributed by atoms with Gasteiger partial charge in [0, 0.05) is 6.04 Å². The molecule has 1 fully saturated rings. The first-order valence-electron chi connectivity index (χ1n) is 15.3. The predicted molar refractivity (Wildman–Crippen MR) is 171 cm³/mol. The molecule has 254 valence electrons. The van der Waals surface area contributed by atoms with Gasteiger partial charge in [0.15, 0.2) is 0 Å². The summed E-state index contributed by atoms with van der Waals surface area (Å²) in [5, 5.41) is 0. The summed E-state index contributed by atoms with van der Waals surface area (Å²) in [4.78, 5) is 68.3. The van der Waals surface area contributed by atoms with Crippen molar-refractivity contribution in [1.82, 2.24) is 9.80 Å². The minimum atomic E-state index is -1.17. The molecule has 0 radical (unpaired) electrons. The number of benzene rings is 2. The fraction of sp³-hybridized carbons (Fsp3) is 0.457. The molecule has 2 aromatic carbocycles. The van der Waals surface area contributed by atoms with E-state index in [1.54, 1.807) is 84.0 Å². The largest absolute Gasteiger partial charge is 0.464 e. The molecule has 12 heteroatoms. The van der Waals surface area contributed by atoms with E-state index in [4.69, 9.17) is 23.7 Å². The SMILES string of the molecule is COC(=O)/C(=C/C[C@@H]1CC[C@@H](C(=O)OC(C)(C)C)N1C(=O)OCc1ccccc1)N(C(=O)OCc1ccccc1)C(=O)OC(C)(C)C. The maximum atomic E-state index is 13.5. The van der Waals surface area contributed by atoms with E-state index >= 15 is 0 Å². The molecule has 0 aliphatic carbocycles. The summed E-state index contributed by atoms with van der Waals surface area (Å²) in [6, 6.07) is 16.2. The molecule has 1 saturated heterocycles. The summed E-state index contributed by atoms with van der Waals surface area (Å²) < 4.78 is 27.0. The molecule has 0 aromatic heterocycles. The molecular formula is C35H44N2O10. The molecule has 12 nitrogen and oxygen atoms in total. The van der Waals surface area contributed by atoms with Crippen LogP contribution in [0.4, 0.5) is 14.4 Å². The van der Waals surface area contributed by atoms with E-state index in [1.807, 2.05) is 18.2 Å². The van der Waals surface area contributed by atoms with E-state index in [0.717, 1.165) is 12.7 Å². The normalized spacial score (nSPS) is 16.6. The molecule has 0 bridgehead atoms. The van der Waals surface area contributed by atoms with Crippen molar-refractivity contribution in [1.29, 1.82) is 0 Å². The Morgan fingerprint density at radius 3 is 1.81 bits per heavy atom. The Bertz CT molecular complexity index is 1430. The number of esters is 2. The van der Waals surface area contributed by atoms with Crippen molar-refractivity contribution < 1.29 is 47.7 Å². The van der Waals surface area contributed by atoms with Gasteiger partial charge in [0.1, 0.15) is 36.2 Å². The molecular weight excluding hydrogens is 608 g/mol. The maximum absolute atomic E-state index is 13.5. The van der Waals surface area contributed by atoms with Crippen LogP contribution in [0.2, 0.25) is 0 Å². The van der Waals surface area contributed by atoms with Gasteiger partial charge in [-0.1, -0.05) is 66.7 Å². The topological polar surface area (TPSA) is 138 Å². The van der Waals surface area contributed by atoms with Crippen LogP contribution in [0.3, 0.4) is 0 Å². The van der Waals surface area contributed by atoms with Gasteiger partial charge in [-0.2, -0.15) is 4.90 Å². The van der Waals surface area contributed by atoms with E-state index in [-0.39, 0.29) is 26.1 Å². The number of nitrogens with zero attached hydrogens (tertiary/aromatic N) is 2. The van der Waals surface area contributed by atoms with Gasteiger partial charge in [0.05, 0.1) is 7.11 Å². The number of rotatable bonds is 9. The third-order valence-electron chi connectivity index (χ3n) is 6.78. The van der Waals surface area contributed by atoms with Crippen LogP contribution in [0.25, 0.3) is 0 Å². The molecule has 3 rings (SSSR count). The summed E-state index contributed by atoms with van der Waals surface area (Å²) in [6.45, 7) is 9.77. The zero-order valence-corrected chi connectivity index (χ0v) is 28.0. The van der Waals surface area contributed by atoms with E-state index in [1.165, 1.54) is 11.0 Å². The Kier molecular flexibility index (Phi) is 12.5. The van der Waals surface area contributed by atoms with Crippen molar-refractivity contribution in [2.75, 3.05) is 7.11 Å². The fourth-order valence-electron chi connectivity index (χ4n) is 4.77. The highest BCUT2D eigenvalue weighted by atomic mass is 16.6. The molecule has 3 amide bonds. The van der Waals surface area contributed by atoms with E-state index in [2.05, 4.69) is 0 Å². The van der Waals surface area contributed by atoms with Crippen molar-refractivity contribution in [3.8, 4) is 0 Å². The van der Waals surface area contributed by atoms with Gasteiger partial charge in [-0.05, 0) is 71.9 Å². The number of ether oxygens (including phenoxy) is 5. The Labute approximate surface area is 275 Å². The van der Waals surface area contributed by atoms with Gasteiger partial charge in [-0.3, -0.25) is 4.90 Å². The average molecular weight is 653 g/mol. The van der Waals surface area contributed by atoms with Gasteiger partial charge in [-0.15, -0.1) is 0 Å². The number of hydrogen-bond donors (Lipinski definition) is 0. The number of imide groups is 1. The maximum Gasteiger partial charge on any atom is 0.424 e. The Balaban J connectivity index is 1.94. The van der Waals surface area contributed by atoms with Crippen molar-refractivity contribution in [2.45, 2.75) is 97.3 Å². The Morgan fingerprint density at radius 1 is 0.766 bits per heavy atom. The number of carbonyl (C=O) groups excluding carboxylic acids is 5. The quantitative estimate of drug-likeness (QED) is 0.167. The first kappa shape index (κ1) is 36.6. The molecule has 1 aliphatic heterocycles. The van der Waals surface area contributed by atoms with Gasteiger partial charge < -0.3 is 23.7 Å². The predicted octanol–water partition coefficient (Wildman–Crippen LogP) is 6.52. The third-order valence-corrected chi connectivity index (χ3v) is 6.78. The van der Waals surface area contributed by atoms with Crippen LogP contribution in [0.15, 0.2) is 72.4 Å². The summed E-state index contributed by atoms with van der Waals surface area (Å²) in [7, 11) is 1.10. The monoisotopic (exact) mass is 652 g/mol. The second kappa shape index (κ2) is 16.1. The highest BCUT2D eigenvalue weighted by Crippen LogP contribution is 2.31. The lowest BCUT2D eigenvalue weighted by Crippen LogP contribution is -2.47. The lowest BCUT2D eigenvalue weighted by molar-refractivity contribution is -0.160. The van der Waals surface area contributed by atoms with Crippen molar-refractivity contribution >= 4 is 30.2 Å².